The molecule has 0 aliphatic carbocycles. The van der Waals surface area contributed by atoms with E-state index in [0.717, 1.165) is 13.1 Å². The van der Waals surface area contributed by atoms with Crippen LogP contribution in [0, 0.1) is 5.41 Å². The van der Waals surface area contributed by atoms with Crippen molar-refractivity contribution < 1.29 is 9.90 Å². The maximum absolute atomic E-state index is 10.8. The predicted octanol–water partition coefficient (Wildman–Crippen LogP) is 1.86. The van der Waals surface area contributed by atoms with Crippen molar-refractivity contribution in [2.45, 2.75) is 27.7 Å². The van der Waals surface area contributed by atoms with Crippen LogP contribution in [-0.2, 0) is 4.79 Å². The minimum Gasteiger partial charge on any atom is -0.481 e. The van der Waals surface area contributed by atoms with Crippen molar-refractivity contribution in [2.24, 2.45) is 5.41 Å². The summed E-state index contributed by atoms with van der Waals surface area (Å²) in [5.74, 6) is -0.727. The van der Waals surface area contributed by atoms with Gasteiger partial charge in [-0.25, -0.2) is 0 Å². The molecule has 0 aromatic carbocycles. The Bertz CT molecular complexity index is 156. The molecule has 0 spiro atoms. The second kappa shape index (κ2) is 6.22. The smallest absolute Gasteiger partial charge is 0.310 e. The molecule has 0 aromatic rings. The van der Waals surface area contributed by atoms with Crippen LogP contribution in [0.1, 0.15) is 27.7 Å². The van der Waals surface area contributed by atoms with Crippen LogP contribution in [0.3, 0.4) is 0 Å². The van der Waals surface area contributed by atoms with E-state index in [4.69, 9.17) is 5.11 Å². The molecule has 0 rings (SSSR count). The number of carbonyl (C=O) groups is 1. The van der Waals surface area contributed by atoms with Crippen LogP contribution < -0.4 is 0 Å². The standard InChI is InChI=1S/C9H19NO2.ClH/c1-5-10(6-2)7-9(3,4)8(11)12;/h5-7H2,1-4H3,(H,11,12);1H. The normalized spacial score (nSPS) is 11.2. The molecule has 0 unspecified atom stereocenters. The van der Waals surface area contributed by atoms with Gasteiger partial charge in [0, 0.05) is 6.54 Å². The Morgan fingerprint density at radius 3 is 1.92 bits per heavy atom. The Balaban J connectivity index is 0. The second-order valence-corrected chi connectivity index (χ2v) is 3.65. The van der Waals surface area contributed by atoms with Gasteiger partial charge in [-0.15, -0.1) is 12.4 Å². The van der Waals surface area contributed by atoms with E-state index in [0.29, 0.717) is 6.54 Å². The molecule has 0 saturated carbocycles. The summed E-state index contributed by atoms with van der Waals surface area (Å²) < 4.78 is 0. The lowest BCUT2D eigenvalue weighted by molar-refractivity contribution is -0.147. The Hall–Kier alpha value is -0.280. The van der Waals surface area contributed by atoms with Gasteiger partial charge in [0.2, 0.25) is 0 Å². The molecule has 0 aromatic heterocycles. The second-order valence-electron chi connectivity index (χ2n) is 3.65. The Morgan fingerprint density at radius 1 is 1.31 bits per heavy atom. The highest BCUT2D eigenvalue weighted by atomic mass is 35.5. The number of hydrogen-bond acceptors (Lipinski definition) is 2. The van der Waals surface area contributed by atoms with Crippen LogP contribution in [0.5, 0.6) is 0 Å². The molecule has 4 heteroatoms. The summed E-state index contributed by atoms with van der Waals surface area (Å²) in [5.41, 5.74) is -0.633. The first-order valence-corrected chi connectivity index (χ1v) is 4.39. The third-order valence-electron chi connectivity index (χ3n) is 2.09. The summed E-state index contributed by atoms with van der Waals surface area (Å²) in [6, 6.07) is 0. The maximum atomic E-state index is 10.8. The Kier molecular flexibility index (Phi) is 7.27. The largest absolute Gasteiger partial charge is 0.481 e. The Morgan fingerprint density at radius 2 is 1.69 bits per heavy atom. The van der Waals surface area contributed by atoms with E-state index >= 15 is 0 Å². The van der Waals surface area contributed by atoms with E-state index in [-0.39, 0.29) is 12.4 Å². The molecule has 13 heavy (non-hydrogen) atoms. The number of carboxylic acids is 1. The van der Waals surface area contributed by atoms with E-state index in [1.165, 1.54) is 0 Å². The van der Waals surface area contributed by atoms with Crippen molar-refractivity contribution in [1.29, 1.82) is 0 Å². The minimum atomic E-state index is -0.727. The molecule has 0 fully saturated rings. The van der Waals surface area contributed by atoms with Gasteiger partial charge in [0.1, 0.15) is 0 Å². The van der Waals surface area contributed by atoms with Crippen LogP contribution >= 0.6 is 12.4 Å². The summed E-state index contributed by atoms with van der Waals surface area (Å²) in [6.07, 6.45) is 0. The third-order valence-corrected chi connectivity index (χ3v) is 2.09. The van der Waals surface area contributed by atoms with Crippen LogP contribution in [0.4, 0.5) is 0 Å². The lowest BCUT2D eigenvalue weighted by Gasteiger charge is -2.27. The van der Waals surface area contributed by atoms with E-state index < -0.39 is 11.4 Å². The molecular formula is C9H20ClNO2. The fourth-order valence-electron chi connectivity index (χ4n) is 1.07. The number of hydrogen-bond donors (Lipinski definition) is 1. The molecule has 0 aliphatic heterocycles. The van der Waals surface area contributed by atoms with E-state index in [2.05, 4.69) is 4.90 Å². The number of rotatable bonds is 5. The van der Waals surface area contributed by atoms with Crippen molar-refractivity contribution in [3.63, 3.8) is 0 Å². The molecule has 0 atom stereocenters. The lowest BCUT2D eigenvalue weighted by atomic mass is 9.93. The number of nitrogens with zero attached hydrogens (tertiary/aromatic N) is 1. The van der Waals surface area contributed by atoms with Crippen molar-refractivity contribution in [2.75, 3.05) is 19.6 Å². The topological polar surface area (TPSA) is 40.5 Å². The van der Waals surface area contributed by atoms with Crippen LogP contribution in [0.15, 0.2) is 0 Å². The number of carboxylic acid groups (broad SMARTS) is 1. The fourth-order valence-corrected chi connectivity index (χ4v) is 1.07. The molecule has 0 aliphatic rings. The summed E-state index contributed by atoms with van der Waals surface area (Å²) in [6.45, 7) is 10.0. The zero-order chi connectivity index (χ0) is 9.78. The number of aliphatic carboxylic acids is 1. The van der Waals surface area contributed by atoms with Gasteiger partial charge in [0.15, 0.2) is 0 Å². The first-order valence-electron chi connectivity index (χ1n) is 4.39. The molecule has 3 nitrogen and oxygen atoms in total. The van der Waals surface area contributed by atoms with Gasteiger partial charge >= 0.3 is 5.97 Å². The van der Waals surface area contributed by atoms with Gasteiger partial charge in [-0.2, -0.15) is 0 Å². The van der Waals surface area contributed by atoms with E-state index in [1.807, 2.05) is 13.8 Å². The van der Waals surface area contributed by atoms with Gasteiger partial charge < -0.3 is 10.0 Å². The minimum absolute atomic E-state index is 0. The van der Waals surface area contributed by atoms with Crippen LogP contribution in [0.2, 0.25) is 0 Å². The van der Waals surface area contributed by atoms with Gasteiger partial charge in [-0.3, -0.25) is 4.79 Å². The fraction of sp³-hybridized carbons (Fsp3) is 0.889. The Labute approximate surface area is 86.5 Å². The van der Waals surface area contributed by atoms with Crippen LogP contribution in [-0.4, -0.2) is 35.6 Å². The molecule has 0 bridgehead atoms. The maximum Gasteiger partial charge on any atom is 0.310 e. The predicted molar refractivity (Wildman–Crippen MR) is 56.5 cm³/mol. The first-order chi connectivity index (χ1) is 5.44. The molecule has 1 N–H and O–H groups in total. The van der Waals surface area contributed by atoms with Crippen molar-refractivity contribution in [3.05, 3.63) is 0 Å². The van der Waals surface area contributed by atoms with Gasteiger partial charge in [-0.05, 0) is 26.9 Å². The summed E-state index contributed by atoms with van der Waals surface area (Å²) >= 11 is 0. The van der Waals surface area contributed by atoms with Crippen LogP contribution in [0.25, 0.3) is 0 Å². The third kappa shape index (κ3) is 5.11. The highest BCUT2D eigenvalue weighted by molar-refractivity contribution is 5.85. The van der Waals surface area contributed by atoms with Gasteiger partial charge in [0.05, 0.1) is 5.41 Å². The zero-order valence-corrected chi connectivity index (χ0v) is 9.65. The van der Waals surface area contributed by atoms with Crippen molar-refractivity contribution in [3.8, 4) is 0 Å². The van der Waals surface area contributed by atoms with Crippen molar-refractivity contribution in [1.82, 2.24) is 4.90 Å². The molecule has 0 saturated heterocycles. The molecule has 0 heterocycles. The SMILES string of the molecule is CCN(CC)CC(C)(C)C(=O)O.Cl. The first kappa shape index (κ1) is 15.2. The van der Waals surface area contributed by atoms with Gasteiger partial charge in [0.25, 0.3) is 0 Å². The molecule has 0 radical (unpaired) electrons. The lowest BCUT2D eigenvalue weighted by Crippen LogP contribution is -2.39. The van der Waals surface area contributed by atoms with E-state index in [1.54, 1.807) is 13.8 Å². The number of halogens is 1. The average molecular weight is 210 g/mol. The molecule has 80 valence electrons. The average Bonchev–Trinajstić information content (AvgIpc) is 2.00. The highest BCUT2D eigenvalue weighted by Crippen LogP contribution is 2.16. The van der Waals surface area contributed by atoms with Gasteiger partial charge in [-0.1, -0.05) is 13.8 Å². The van der Waals surface area contributed by atoms with E-state index in [9.17, 15) is 4.79 Å². The highest BCUT2D eigenvalue weighted by Gasteiger charge is 2.28. The zero-order valence-electron chi connectivity index (χ0n) is 8.83. The molecule has 0 amide bonds. The summed E-state index contributed by atoms with van der Waals surface area (Å²) in [7, 11) is 0. The summed E-state index contributed by atoms with van der Waals surface area (Å²) in [4.78, 5) is 12.9. The molecular weight excluding hydrogens is 190 g/mol. The van der Waals surface area contributed by atoms with Crippen molar-refractivity contribution >= 4 is 18.4 Å². The monoisotopic (exact) mass is 209 g/mol. The quantitative estimate of drug-likeness (QED) is 0.752. The summed E-state index contributed by atoms with van der Waals surface area (Å²) in [5, 5.41) is 8.85.